The minimum atomic E-state index is 0.768. The van der Waals surface area contributed by atoms with Crippen molar-refractivity contribution in [1.82, 2.24) is 0 Å². The Balaban J connectivity index is 2.15. The molecule has 3 nitrogen and oxygen atoms in total. The Morgan fingerprint density at radius 1 is 0.636 bits per heavy atom. The summed E-state index contributed by atoms with van der Waals surface area (Å²) in [6.45, 7) is 0. The van der Waals surface area contributed by atoms with E-state index in [1.165, 1.54) is 0 Å². The average molecular weight is 289 g/mol. The highest BCUT2D eigenvalue weighted by Gasteiger charge is 2.10. The molecule has 0 unspecified atom stereocenters. The van der Waals surface area contributed by atoms with Crippen molar-refractivity contribution in [2.75, 3.05) is 23.8 Å². The number of para-hydroxylation sites is 1. The van der Waals surface area contributed by atoms with Crippen LogP contribution in [0.25, 0.3) is 22.3 Å². The Bertz CT molecular complexity index is 711. The first-order chi connectivity index (χ1) is 10.7. The molecule has 22 heavy (non-hydrogen) atoms. The minimum absolute atomic E-state index is 0.768. The summed E-state index contributed by atoms with van der Waals surface area (Å²) in [5.74, 6) is 0. The van der Waals surface area contributed by atoms with Crippen molar-refractivity contribution in [2.24, 2.45) is 0 Å². The van der Waals surface area contributed by atoms with Gasteiger partial charge in [-0.15, -0.1) is 0 Å². The topological polar surface area (TPSA) is 64.1 Å². The van der Waals surface area contributed by atoms with Crippen LogP contribution in [0, 0.1) is 0 Å². The summed E-state index contributed by atoms with van der Waals surface area (Å²) in [4.78, 5) is 0. The summed E-state index contributed by atoms with van der Waals surface area (Å²) in [7, 11) is 1.94. The van der Waals surface area contributed by atoms with Gasteiger partial charge in [0, 0.05) is 35.2 Å². The number of rotatable bonds is 3. The molecule has 0 aromatic heterocycles. The van der Waals surface area contributed by atoms with Gasteiger partial charge in [0.1, 0.15) is 0 Å². The van der Waals surface area contributed by atoms with Crippen LogP contribution in [0.5, 0.6) is 0 Å². The molecule has 0 aliphatic rings. The molecule has 3 heteroatoms. The smallest absolute Gasteiger partial charge is 0.0496 e. The lowest BCUT2D eigenvalue weighted by atomic mass is 9.95. The lowest BCUT2D eigenvalue weighted by Gasteiger charge is -2.15. The molecular formula is C19H19N3. The molecule has 0 saturated carbocycles. The minimum Gasteiger partial charge on any atom is -0.399 e. The third kappa shape index (κ3) is 2.61. The fourth-order valence-electron chi connectivity index (χ4n) is 2.63. The van der Waals surface area contributed by atoms with Gasteiger partial charge in [0.25, 0.3) is 0 Å². The fourth-order valence-corrected chi connectivity index (χ4v) is 2.63. The predicted octanol–water partition coefficient (Wildman–Crippen LogP) is 4.23. The molecule has 0 aliphatic carbocycles. The molecule has 3 rings (SSSR count). The van der Waals surface area contributed by atoms with Gasteiger partial charge in [-0.3, -0.25) is 0 Å². The number of hydrogen-bond acceptors (Lipinski definition) is 3. The van der Waals surface area contributed by atoms with E-state index in [9.17, 15) is 0 Å². The van der Waals surface area contributed by atoms with E-state index < -0.39 is 0 Å². The molecule has 0 aliphatic heterocycles. The number of nitrogens with one attached hydrogen (secondary N) is 1. The number of hydrogen-bond donors (Lipinski definition) is 3. The Morgan fingerprint density at radius 2 is 1.05 bits per heavy atom. The highest BCUT2D eigenvalue weighted by molar-refractivity contribution is 5.90. The van der Waals surface area contributed by atoms with Crippen LogP contribution in [0.4, 0.5) is 17.1 Å². The number of benzene rings is 3. The normalized spacial score (nSPS) is 10.4. The largest absolute Gasteiger partial charge is 0.399 e. The third-order valence-corrected chi connectivity index (χ3v) is 3.76. The molecule has 0 saturated heterocycles. The Hall–Kier alpha value is -2.94. The molecule has 0 amide bonds. The lowest BCUT2D eigenvalue weighted by molar-refractivity contribution is 1.49. The van der Waals surface area contributed by atoms with Gasteiger partial charge in [-0.2, -0.15) is 0 Å². The maximum Gasteiger partial charge on any atom is 0.0496 e. The van der Waals surface area contributed by atoms with Crippen molar-refractivity contribution in [3.8, 4) is 22.3 Å². The first kappa shape index (κ1) is 14.0. The molecular weight excluding hydrogens is 270 g/mol. The molecule has 0 atom stereocenters. The van der Waals surface area contributed by atoms with Crippen LogP contribution in [0.3, 0.4) is 0 Å². The van der Waals surface area contributed by atoms with Crippen LogP contribution >= 0.6 is 0 Å². The van der Waals surface area contributed by atoms with Crippen molar-refractivity contribution in [3.05, 3.63) is 66.7 Å². The van der Waals surface area contributed by atoms with Gasteiger partial charge >= 0.3 is 0 Å². The number of anilines is 3. The van der Waals surface area contributed by atoms with Crippen LogP contribution in [-0.4, -0.2) is 7.05 Å². The fraction of sp³-hybridized carbons (Fsp3) is 0.0526. The Morgan fingerprint density at radius 3 is 1.41 bits per heavy atom. The van der Waals surface area contributed by atoms with Crippen LogP contribution in [0.15, 0.2) is 66.7 Å². The molecule has 0 spiro atoms. The van der Waals surface area contributed by atoms with Crippen LogP contribution in [0.1, 0.15) is 0 Å². The zero-order valence-electron chi connectivity index (χ0n) is 12.5. The summed E-state index contributed by atoms with van der Waals surface area (Å²) in [5.41, 5.74) is 18.8. The van der Waals surface area contributed by atoms with Crippen molar-refractivity contribution in [3.63, 3.8) is 0 Å². The number of nitrogen functional groups attached to an aromatic ring is 2. The standard InChI is InChI=1S/C19H19N3/c1-22-19-17(13-5-9-15(20)10-6-13)3-2-4-18(19)14-7-11-16(21)12-8-14/h2-12,22H,20-21H2,1H3. The van der Waals surface area contributed by atoms with Gasteiger partial charge < -0.3 is 16.8 Å². The summed E-state index contributed by atoms with van der Waals surface area (Å²) in [5, 5.41) is 3.33. The molecule has 0 heterocycles. The number of nitrogens with two attached hydrogens (primary N) is 2. The van der Waals surface area contributed by atoms with Gasteiger partial charge in [0.05, 0.1) is 0 Å². The van der Waals surface area contributed by atoms with Gasteiger partial charge in [-0.05, 0) is 35.4 Å². The maximum absolute atomic E-state index is 5.78. The van der Waals surface area contributed by atoms with Crippen LogP contribution in [-0.2, 0) is 0 Å². The second-order valence-corrected chi connectivity index (χ2v) is 5.22. The van der Waals surface area contributed by atoms with Gasteiger partial charge in [0.15, 0.2) is 0 Å². The van der Waals surface area contributed by atoms with E-state index in [4.69, 9.17) is 11.5 Å². The molecule has 3 aromatic carbocycles. The molecule has 3 aromatic rings. The summed E-state index contributed by atoms with van der Waals surface area (Å²) >= 11 is 0. The first-order valence-electron chi connectivity index (χ1n) is 7.21. The van der Waals surface area contributed by atoms with E-state index in [1.807, 2.05) is 55.6 Å². The van der Waals surface area contributed by atoms with E-state index in [1.54, 1.807) is 0 Å². The zero-order chi connectivity index (χ0) is 15.5. The summed E-state index contributed by atoms with van der Waals surface area (Å²) in [6.07, 6.45) is 0. The second kappa shape index (κ2) is 5.82. The molecule has 0 radical (unpaired) electrons. The van der Waals surface area contributed by atoms with E-state index >= 15 is 0 Å². The summed E-state index contributed by atoms with van der Waals surface area (Å²) in [6, 6.07) is 22.1. The van der Waals surface area contributed by atoms with E-state index in [-0.39, 0.29) is 0 Å². The monoisotopic (exact) mass is 289 g/mol. The highest BCUT2D eigenvalue weighted by Crippen LogP contribution is 2.37. The van der Waals surface area contributed by atoms with E-state index in [2.05, 4.69) is 23.5 Å². The Labute approximate surface area is 130 Å². The predicted molar refractivity (Wildman–Crippen MR) is 95.7 cm³/mol. The molecule has 0 fully saturated rings. The van der Waals surface area contributed by atoms with Crippen LogP contribution in [0.2, 0.25) is 0 Å². The van der Waals surface area contributed by atoms with Crippen molar-refractivity contribution >= 4 is 17.1 Å². The average Bonchev–Trinajstić information content (AvgIpc) is 2.55. The summed E-state index contributed by atoms with van der Waals surface area (Å²) < 4.78 is 0. The van der Waals surface area contributed by atoms with Crippen LogP contribution < -0.4 is 16.8 Å². The molecule has 0 bridgehead atoms. The first-order valence-corrected chi connectivity index (χ1v) is 7.21. The van der Waals surface area contributed by atoms with Crippen molar-refractivity contribution < 1.29 is 0 Å². The third-order valence-electron chi connectivity index (χ3n) is 3.76. The molecule has 110 valence electrons. The van der Waals surface area contributed by atoms with Crippen molar-refractivity contribution in [1.29, 1.82) is 0 Å². The van der Waals surface area contributed by atoms with Crippen molar-refractivity contribution in [2.45, 2.75) is 0 Å². The van der Waals surface area contributed by atoms with Gasteiger partial charge in [-0.1, -0.05) is 42.5 Å². The Kier molecular flexibility index (Phi) is 3.71. The SMILES string of the molecule is CNc1c(-c2ccc(N)cc2)cccc1-c1ccc(N)cc1. The maximum atomic E-state index is 5.78. The lowest BCUT2D eigenvalue weighted by Crippen LogP contribution is -1.96. The molecule has 5 N–H and O–H groups in total. The zero-order valence-corrected chi connectivity index (χ0v) is 12.5. The van der Waals surface area contributed by atoms with E-state index in [0.29, 0.717) is 0 Å². The second-order valence-electron chi connectivity index (χ2n) is 5.22. The van der Waals surface area contributed by atoms with Gasteiger partial charge in [0.2, 0.25) is 0 Å². The highest BCUT2D eigenvalue weighted by atomic mass is 14.8. The quantitative estimate of drug-likeness (QED) is 0.632. The van der Waals surface area contributed by atoms with E-state index in [0.717, 1.165) is 39.3 Å². The van der Waals surface area contributed by atoms with Gasteiger partial charge in [-0.25, -0.2) is 0 Å².